The van der Waals surface area contributed by atoms with Gasteiger partial charge in [0.15, 0.2) is 11.5 Å². The number of carbonyl (C=O) groups excluding carboxylic acids is 1. The molecule has 1 amide bonds. The summed E-state index contributed by atoms with van der Waals surface area (Å²) in [6.07, 6.45) is 2.30. The van der Waals surface area contributed by atoms with E-state index in [-0.39, 0.29) is 5.91 Å². The lowest BCUT2D eigenvalue weighted by Crippen LogP contribution is -2.31. The number of benzene rings is 1. The second-order valence-electron chi connectivity index (χ2n) is 6.20. The van der Waals surface area contributed by atoms with E-state index in [2.05, 4.69) is 20.8 Å². The van der Waals surface area contributed by atoms with Crippen molar-refractivity contribution in [1.82, 2.24) is 10.1 Å². The van der Waals surface area contributed by atoms with Gasteiger partial charge in [-0.3, -0.25) is 10.1 Å². The van der Waals surface area contributed by atoms with Crippen molar-refractivity contribution in [3.05, 3.63) is 35.9 Å². The van der Waals surface area contributed by atoms with Crippen LogP contribution in [0.25, 0.3) is 11.1 Å². The number of amides is 1. The van der Waals surface area contributed by atoms with Crippen molar-refractivity contribution in [2.45, 2.75) is 38.6 Å². The number of hydrogen-bond donors (Lipinski definition) is 2. The van der Waals surface area contributed by atoms with Crippen LogP contribution in [-0.2, 0) is 4.79 Å². The third-order valence-electron chi connectivity index (χ3n) is 3.98. The largest absolute Gasteiger partial charge is 0.440 e. The predicted molar refractivity (Wildman–Crippen MR) is 88.9 cm³/mol. The fraction of sp³-hybridized carbons (Fsp3) is 0.353. The minimum Gasteiger partial charge on any atom is -0.440 e. The first-order valence-corrected chi connectivity index (χ1v) is 8.00. The number of nitrogens with one attached hydrogen (secondary N) is 2. The Morgan fingerprint density at radius 3 is 2.88 bits per heavy atom. The van der Waals surface area contributed by atoms with E-state index in [4.69, 9.17) is 8.94 Å². The summed E-state index contributed by atoms with van der Waals surface area (Å²) in [5.41, 5.74) is 3.11. The highest BCUT2D eigenvalue weighted by atomic mass is 16.5. The molecule has 3 aromatic rings. The smallest absolute Gasteiger partial charge is 0.248 e. The SMILES string of the molecule is Cc1cc(NC(=O)[C@@H](C)Nc2ccc3oc(C4CC4)nc3c2)on1. The van der Waals surface area contributed by atoms with Crippen molar-refractivity contribution in [2.75, 3.05) is 10.6 Å². The molecular weight excluding hydrogens is 308 g/mol. The van der Waals surface area contributed by atoms with Crippen molar-refractivity contribution in [3.8, 4) is 0 Å². The minimum absolute atomic E-state index is 0.204. The number of hydrogen-bond acceptors (Lipinski definition) is 6. The number of rotatable bonds is 5. The van der Waals surface area contributed by atoms with E-state index in [1.807, 2.05) is 18.2 Å². The number of carbonyl (C=O) groups is 1. The van der Waals surface area contributed by atoms with Gasteiger partial charge in [-0.2, -0.15) is 0 Å². The molecule has 0 bridgehead atoms. The standard InChI is InChI=1S/C17H18N4O3/c1-9-7-15(24-21-9)20-16(22)10(2)18-12-5-6-14-13(8-12)19-17(23-14)11-3-4-11/h5-8,10-11,18H,3-4H2,1-2H3,(H,20,22)/t10-/m1/s1. The van der Waals surface area contributed by atoms with Crippen molar-refractivity contribution < 1.29 is 13.7 Å². The van der Waals surface area contributed by atoms with Crippen LogP contribution >= 0.6 is 0 Å². The van der Waals surface area contributed by atoms with Crippen molar-refractivity contribution in [1.29, 1.82) is 0 Å². The van der Waals surface area contributed by atoms with E-state index in [9.17, 15) is 4.79 Å². The summed E-state index contributed by atoms with van der Waals surface area (Å²) in [7, 11) is 0. The van der Waals surface area contributed by atoms with Gasteiger partial charge in [0.25, 0.3) is 0 Å². The van der Waals surface area contributed by atoms with Crippen LogP contribution in [0.1, 0.15) is 37.3 Å². The maximum absolute atomic E-state index is 12.2. The van der Waals surface area contributed by atoms with Crippen molar-refractivity contribution >= 4 is 28.6 Å². The van der Waals surface area contributed by atoms with Crippen molar-refractivity contribution in [3.63, 3.8) is 0 Å². The van der Waals surface area contributed by atoms with Crippen LogP contribution in [0.5, 0.6) is 0 Å². The van der Waals surface area contributed by atoms with Crippen molar-refractivity contribution in [2.24, 2.45) is 0 Å². The molecule has 7 nitrogen and oxygen atoms in total. The third kappa shape index (κ3) is 2.97. The average Bonchev–Trinajstić information content (AvgIpc) is 3.20. The first-order chi connectivity index (χ1) is 11.6. The second-order valence-corrected chi connectivity index (χ2v) is 6.20. The number of oxazole rings is 1. The van der Waals surface area contributed by atoms with Crippen LogP contribution in [-0.4, -0.2) is 22.1 Å². The van der Waals surface area contributed by atoms with E-state index in [0.717, 1.165) is 35.5 Å². The lowest BCUT2D eigenvalue weighted by Gasteiger charge is -2.13. The number of aryl methyl sites for hydroxylation is 1. The molecular formula is C17H18N4O3. The summed E-state index contributed by atoms with van der Waals surface area (Å²) >= 11 is 0. The fourth-order valence-corrected chi connectivity index (χ4v) is 2.51. The van der Waals surface area contributed by atoms with Gasteiger partial charge in [-0.1, -0.05) is 5.16 Å². The Morgan fingerprint density at radius 2 is 2.17 bits per heavy atom. The summed E-state index contributed by atoms with van der Waals surface area (Å²) in [6.45, 7) is 3.57. The summed E-state index contributed by atoms with van der Waals surface area (Å²) in [5, 5.41) is 9.58. The number of nitrogens with zero attached hydrogens (tertiary/aromatic N) is 2. The zero-order valence-corrected chi connectivity index (χ0v) is 13.5. The maximum atomic E-state index is 12.2. The first kappa shape index (κ1) is 14.7. The van der Waals surface area contributed by atoms with E-state index in [1.54, 1.807) is 19.9 Å². The zero-order chi connectivity index (χ0) is 16.7. The summed E-state index contributed by atoms with van der Waals surface area (Å²) in [4.78, 5) is 16.7. The molecule has 2 aromatic heterocycles. The van der Waals surface area contributed by atoms with Crippen LogP contribution in [0.4, 0.5) is 11.6 Å². The lowest BCUT2D eigenvalue weighted by molar-refractivity contribution is -0.116. The molecule has 7 heteroatoms. The Balaban J connectivity index is 1.45. The Bertz CT molecular complexity index is 894. The summed E-state index contributed by atoms with van der Waals surface area (Å²) in [6, 6.07) is 6.88. The maximum Gasteiger partial charge on any atom is 0.248 e. The lowest BCUT2D eigenvalue weighted by atomic mass is 10.2. The van der Waals surface area contributed by atoms with Gasteiger partial charge in [0.05, 0.1) is 5.69 Å². The van der Waals surface area contributed by atoms with Crippen LogP contribution in [0.3, 0.4) is 0 Å². The molecule has 1 aliphatic carbocycles. The van der Waals surface area contributed by atoms with Gasteiger partial charge in [0.2, 0.25) is 11.8 Å². The first-order valence-electron chi connectivity index (χ1n) is 8.00. The van der Waals surface area contributed by atoms with E-state index < -0.39 is 6.04 Å². The highest BCUT2D eigenvalue weighted by molar-refractivity contribution is 5.95. The molecule has 1 fully saturated rings. The van der Waals surface area contributed by atoms with Gasteiger partial charge in [0.1, 0.15) is 11.6 Å². The highest BCUT2D eigenvalue weighted by Crippen LogP contribution is 2.40. The number of anilines is 2. The van der Waals surface area contributed by atoms with E-state index >= 15 is 0 Å². The molecule has 1 saturated carbocycles. The van der Waals surface area contributed by atoms with E-state index in [1.165, 1.54) is 0 Å². The van der Waals surface area contributed by atoms with Crippen LogP contribution in [0, 0.1) is 6.92 Å². The van der Waals surface area contributed by atoms with Gasteiger partial charge < -0.3 is 14.3 Å². The molecule has 1 atom stereocenters. The molecule has 4 rings (SSSR count). The normalized spacial score (nSPS) is 15.4. The molecule has 1 aliphatic rings. The van der Waals surface area contributed by atoms with Crippen LogP contribution in [0.2, 0.25) is 0 Å². The van der Waals surface area contributed by atoms with E-state index in [0.29, 0.717) is 17.5 Å². The predicted octanol–water partition coefficient (Wildman–Crippen LogP) is 3.44. The average molecular weight is 326 g/mol. The summed E-state index contributed by atoms with van der Waals surface area (Å²) < 4.78 is 10.7. The highest BCUT2D eigenvalue weighted by Gasteiger charge is 2.29. The number of fused-ring (bicyclic) bond motifs is 1. The molecule has 2 heterocycles. The minimum atomic E-state index is -0.442. The molecule has 1 aromatic carbocycles. The zero-order valence-electron chi connectivity index (χ0n) is 13.5. The Labute approximate surface area is 138 Å². The molecule has 0 unspecified atom stereocenters. The quantitative estimate of drug-likeness (QED) is 0.746. The Hall–Kier alpha value is -2.83. The van der Waals surface area contributed by atoms with Gasteiger partial charge in [-0.05, 0) is 44.9 Å². The number of aromatic nitrogens is 2. The topological polar surface area (TPSA) is 93.2 Å². The van der Waals surface area contributed by atoms with Crippen LogP contribution in [0.15, 0.2) is 33.2 Å². The molecule has 0 aliphatic heterocycles. The summed E-state index contributed by atoms with van der Waals surface area (Å²) in [5.74, 6) is 1.43. The third-order valence-corrected chi connectivity index (χ3v) is 3.98. The fourth-order valence-electron chi connectivity index (χ4n) is 2.51. The van der Waals surface area contributed by atoms with Gasteiger partial charge in [-0.25, -0.2) is 4.98 Å². The molecule has 24 heavy (non-hydrogen) atoms. The van der Waals surface area contributed by atoms with Crippen LogP contribution < -0.4 is 10.6 Å². The van der Waals surface area contributed by atoms with Gasteiger partial charge in [0, 0.05) is 17.7 Å². The molecule has 0 radical (unpaired) electrons. The van der Waals surface area contributed by atoms with Gasteiger partial charge in [-0.15, -0.1) is 0 Å². The Kier molecular flexibility index (Phi) is 3.48. The molecule has 0 spiro atoms. The Morgan fingerprint density at radius 1 is 1.33 bits per heavy atom. The monoisotopic (exact) mass is 326 g/mol. The molecule has 0 saturated heterocycles. The van der Waals surface area contributed by atoms with Gasteiger partial charge >= 0.3 is 0 Å². The molecule has 2 N–H and O–H groups in total. The second kappa shape index (κ2) is 5.67. The molecule has 124 valence electrons.